The molecule has 0 aliphatic carbocycles. The van der Waals surface area contributed by atoms with Gasteiger partial charge in [-0.05, 0) is 18.0 Å². The van der Waals surface area contributed by atoms with Gasteiger partial charge in [-0.25, -0.2) is 9.59 Å². The molecule has 5 N–H and O–H groups in total. The van der Waals surface area contributed by atoms with Crippen LogP contribution in [0.4, 0.5) is 0 Å². The molecule has 0 saturated carbocycles. The monoisotopic (exact) mass is 288 g/mol. The molecule has 0 aromatic carbocycles. The van der Waals surface area contributed by atoms with Crippen LogP contribution in [0.5, 0.6) is 0 Å². The zero-order chi connectivity index (χ0) is 15.8. The van der Waals surface area contributed by atoms with Gasteiger partial charge in [-0.15, -0.1) is 4.91 Å². The van der Waals surface area contributed by atoms with E-state index < -0.39 is 23.4 Å². The number of hydrogen-bond acceptors (Lipinski definition) is 6. The van der Waals surface area contributed by atoms with Gasteiger partial charge in [0.2, 0.25) is 0 Å². The first kappa shape index (κ1) is 17.8. The van der Waals surface area contributed by atoms with Crippen molar-refractivity contribution >= 4 is 17.9 Å². The molecule has 0 radical (unpaired) electrons. The van der Waals surface area contributed by atoms with Crippen LogP contribution in [0.25, 0.3) is 0 Å². The summed E-state index contributed by atoms with van der Waals surface area (Å²) in [6.45, 7) is 1.89. The Kier molecular flexibility index (Phi) is 7.19. The maximum absolute atomic E-state index is 11.7. The molecule has 0 aliphatic rings. The lowest BCUT2D eigenvalue weighted by Gasteiger charge is -2.27. The number of carboxylic acids is 1. The fraction of sp³-hybridized carbons (Fsp3) is 0.727. The first-order valence-electron chi connectivity index (χ1n) is 6.08. The smallest absolute Gasteiger partial charge is 0.349 e. The number of carboxylic acid groups (broad SMARTS) is 1. The highest BCUT2D eigenvalue weighted by atomic mass is 16.5. The van der Waals surface area contributed by atoms with Crippen molar-refractivity contribution in [3.8, 4) is 0 Å². The molecule has 1 unspecified atom stereocenters. The van der Waals surface area contributed by atoms with Crippen molar-refractivity contribution in [2.75, 3.05) is 13.7 Å². The van der Waals surface area contributed by atoms with E-state index in [1.807, 2.05) is 0 Å². The van der Waals surface area contributed by atoms with E-state index in [0.29, 0.717) is 12.8 Å². The molecule has 0 aliphatic heterocycles. The van der Waals surface area contributed by atoms with Crippen molar-refractivity contribution < 1.29 is 19.4 Å². The molecule has 2 atom stereocenters. The van der Waals surface area contributed by atoms with Gasteiger partial charge in [0.05, 0.1) is 7.11 Å². The van der Waals surface area contributed by atoms with Gasteiger partial charge < -0.3 is 21.3 Å². The quantitative estimate of drug-likeness (QED) is 0.175. The van der Waals surface area contributed by atoms with Gasteiger partial charge in [0, 0.05) is 12.5 Å². The van der Waals surface area contributed by atoms with Crippen molar-refractivity contribution in [1.29, 1.82) is 0 Å². The molecule has 0 heterocycles. The average Bonchev–Trinajstić information content (AvgIpc) is 2.38. The second kappa shape index (κ2) is 8.08. The molecule has 0 aromatic heterocycles. The minimum absolute atomic E-state index is 0.0918. The Balaban J connectivity index is 5.41. The largest absolute Gasteiger partial charge is 0.479 e. The SMILES string of the molecule is CCCC(CCN=C(N)N)[C@](N=O)(C(=O)O)C(=O)OC. The Morgan fingerprint density at radius 3 is 2.30 bits per heavy atom. The third-order valence-corrected chi connectivity index (χ3v) is 2.97. The predicted octanol–water partition coefficient (Wildman–Crippen LogP) is -0.171. The summed E-state index contributed by atoms with van der Waals surface area (Å²) < 4.78 is 4.42. The Labute approximate surface area is 116 Å². The summed E-state index contributed by atoms with van der Waals surface area (Å²) in [4.78, 5) is 37.9. The van der Waals surface area contributed by atoms with E-state index in [-0.39, 0.29) is 18.9 Å². The number of ether oxygens (including phenoxy) is 1. The molecule has 0 aromatic rings. The number of carbonyl (C=O) groups excluding carboxylic acids is 1. The first-order valence-corrected chi connectivity index (χ1v) is 6.08. The molecule has 0 rings (SSSR count). The van der Waals surface area contributed by atoms with Crippen molar-refractivity contribution in [2.24, 2.45) is 27.6 Å². The summed E-state index contributed by atoms with van der Waals surface area (Å²) in [5, 5.41) is 11.8. The van der Waals surface area contributed by atoms with Crippen molar-refractivity contribution in [3.63, 3.8) is 0 Å². The normalized spacial score (nSPS) is 14.7. The molecule has 0 spiro atoms. The number of guanidine groups is 1. The van der Waals surface area contributed by atoms with Crippen LogP contribution in [0, 0.1) is 10.8 Å². The van der Waals surface area contributed by atoms with E-state index in [2.05, 4.69) is 14.9 Å². The van der Waals surface area contributed by atoms with Gasteiger partial charge in [-0.2, -0.15) is 0 Å². The number of aliphatic carboxylic acids is 1. The van der Waals surface area contributed by atoms with Gasteiger partial charge in [-0.3, -0.25) is 4.99 Å². The summed E-state index contributed by atoms with van der Waals surface area (Å²) in [5.74, 6) is -3.83. The molecular weight excluding hydrogens is 268 g/mol. The van der Waals surface area contributed by atoms with Gasteiger partial charge >= 0.3 is 11.9 Å². The Hall–Kier alpha value is -2.19. The van der Waals surface area contributed by atoms with E-state index in [4.69, 9.17) is 11.5 Å². The van der Waals surface area contributed by atoms with Crippen LogP contribution in [0.3, 0.4) is 0 Å². The van der Waals surface area contributed by atoms with Crippen molar-refractivity contribution in [1.82, 2.24) is 0 Å². The topological polar surface area (TPSA) is 157 Å². The minimum Gasteiger partial charge on any atom is -0.479 e. The highest BCUT2D eigenvalue weighted by Gasteiger charge is 2.55. The number of nitrogens with zero attached hydrogens (tertiary/aromatic N) is 2. The van der Waals surface area contributed by atoms with Gasteiger partial charge in [0.25, 0.3) is 5.54 Å². The van der Waals surface area contributed by atoms with Gasteiger partial charge in [-0.1, -0.05) is 13.3 Å². The van der Waals surface area contributed by atoms with E-state index in [0.717, 1.165) is 7.11 Å². The van der Waals surface area contributed by atoms with Crippen LogP contribution in [0.15, 0.2) is 10.2 Å². The zero-order valence-electron chi connectivity index (χ0n) is 11.5. The van der Waals surface area contributed by atoms with Crippen molar-refractivity contribution in [3.05, 3.63) is 4.91 Å². The zero-order valence-corrected chi connectivity index (χ0v) is 11.5. The summed E-state index contributed by atoms with van der Waals surface area (Å²) in [6, 6.07) is 0. The highest BCUT2D eigenvalue weighted by molar-refractivity contribution is 6.04. The van der Waals surface area contributed by atoms with E-state index in [9.17, 15) is 19.6 Å². The number of nitroso groups, excluding NO2 is 1. The minimum atomic E-state index is -2.47. The number of rotatable bonds is 9. The van der Waals surface area contributed by atoms with Gasteiger partial charge in [0.1, 0.15) is 0 Å². The lowest BCUT2D eigenvalue weighted by atomic mass is 9.79. The average molecular weight is 288 g/mol. The standard InChI is InChI=1S/C11H20N4O5/c1-3-4-7(5-6-14-10(12)13)11(15-19,8(16)17)9(18)20-2/h7H,3-6H2,1-2H3,(H,16,17)(H4,12,13,14)/t7?,11-/m0/s1. The number of hydrogen-bond donors (Lipinski definition) is 3. The number of aliphatic imine (C=N–C) groups is 1. The van der Waals surface area contributed by atoms with E-state index in [1.165, 1.54) is 0 Å². The second-order valence-electron chi connectivity index (χ2n) is 4.24. The Morgan fingerprint density at radius 1 is 1.35 bits per heavy atom. The third-order valence-electron chi connectivity index (χ3n) is 2.97. The predicted molar refractivity (Wildman–Crippen MR) is 71.9 cm³/mol. The van der Waals surface area contributed by atoms with E-state index in [1.54, 1.807) is 6.92 Å². The van der Waals surface area contributed by atoms with Crippen molar-refractivity contribution in [2.45, 2.75) is 31.7 Å². The summed E-state index contributed by atoms with van der Waals surface area (Å²) >= 11 is 0. The molecule has 0 amide bonds. The molecule has 9 heteroatoms. The summed E-state index contributed by atoms with van der Waals surface area (Å²) in [7, 11) is 1.00. The van der Waals surface area contributed by atoms with Gasteiger partial charge in [0.15, 0.2) is 5.96 Å². The molecule has 20 heavy (non-hydrogen) atoms. The molecule has 9 nitrogen and oxygen atoms in total. The third kappa shape index (κ3) is 3.90. The van der Waals surface area contributed by atoms with Crippen LogP contribution < -0.4 is 11.5 Å². The molecular formula is C11H20N4O5. The molecule has 0 fully saturated rings. The number of esters is 1. The maximum atomic E-state index is 11.7. The Bertz CT molecular complexity index is 394. The second-order valence-corrected chi connectivity index (χ2v) is 4.24. The molecule has 0 bridgehead atoms. The highest BCUT2D eigenvalue weighted by Crippen LogP contribution is 2.31. The fourth-order valence-corrected chi connectivity index (χ4v) is 2.00. The van der Waals surface area contributed by atoms with Crippen LogP contribution in [0.1, 0.15) is 26.2 Å². The number of carbonyl (C=O) groups is 2. The number of nitrogens with two attached hydrogens (primary N) is 2. The maximum Gasteiger partial charge on any atom is 0.349 e. The van der Waals surface area contributed by atoms with E-state index >= 15 is 0 Å². The number of methoxy groups -OCH3 is 1. The fourth-order valence-electron chi connectivity index (χ4n) is 2.00. The van der Waals surface area contributed by atoms with Crippen LogP contribution in [0.2, 0.25) is 0 Å². The lowest BCUT2D eigenvalue weighted by molar-refractivity contribution is -0.162. The van der Waals surface area contributed by atoms with Crippen LogP contribution in [-0.2, 0) is 14.3 Å². The summed E-state index contributed by atoms with van der Waals surface area (Å²) in [5.41, 5.74) is 7.88. The first-order chi connectivity index (χ1) is 9.36. The Morgan fingerprint density at radius 2 is 1.95 bits per heavy atom. The summed E-state index contributed by atoms with van der Waals surface area (Å²) in [6.07, 6.45) is 0.986. The lowest BCUT2D eigenvalue weighted by Crippen LogP contribution is -2.52. The molecule has 114 valence electrons. The van der Waals surface area contributed by atoms with Crippen LogP contribution >= 0.6 is 0 Å². The van der Waals surface area contributed by atoms with Crippen LogP contribution in [-0.4, -0.2) is 42.2 Å². The molecule has 0 saturated heterocycles.